The van der Waals surface area contributed by atoms with Crippen LogP contribution in [0.5, 0.6) is 0 Å². The maximum absolute atomic E-state index is 12.6. The van der Waals surface area contributed by atoms with E-state index in [4.69, 9.17) is 4.74 Å². The van der Waals surface area contributed by atoms with Crippen LogP contribution in [-0.2, 0) is 16.0 Å². The van der Waals surface area contributed by atoms with Crippen LogP contribution in [0.4, 0.5) is 0 Å². The summed E-state index contributed by atoms with van der Waals surface area (Å²) in [5, 5.41) is 10.2. The number of aliphatic carboxylic acids is 1. The molecular formula is C23H26O4. The first-order valence-electron chi connectivity index (χ1n) is 9.61. The van der Waals surface area contributed by atoms with Gasteiger partial charge >= 0.3 is 11.9 Å². The molecule has 1 aliphatic carbocycles. The lowest BCUT2D eigenvalue weighted by Crippen LogP contribution is -2.47. The van der Waals surface area contributed by atoms with E-state index in [0.29, 0.717) is 24.8 Å². The van der Waals surface area contributed by atoms with Gasteiger partial charge in [0, 0.05) is 0 Å². The third-order valence-electron chi connectivity index (χ3n) is 5.83. The zero-order valence-electron chi connectivity index (χ0n) is 15.6. The van der Waals surface area contributed by atoms with Crippen molar-refractivity contribution in [3.63, 3.8) is 0 Å². The van der Waals surface area contributed by atoms with Gasteiger partial charge in [-0.15, -0.1) is 0 Å². The van der Waals surface area contributed by atoms with Crippen molar-refractivity contribution < 1.29 is 19.4 Å². The van der Waals surface area contributed by atoms with Gasteiger partial charge in [0.25, 0.3) is 0 Å². The van der Waals surface area contributed by atoms with Crippen molar-refractivity contribution in [3.8, 4) is 0 Å². The molecule has 0 aliphatic heterocycles. The topological polar surface area (TPSA) is 63.6 Å². The van der Waals surface area contributed by atoms with Gasteiger partial charge in [0.2, 0.25) is 0 Å². The standard InChI is InChI=1S/C23H26O4/c1-2-19(16-17-10-5-3-6-11-17)23(22(25)26)15-9-14-20(23)27-21(24)18-12-7-4-8-13-18/h3-8,10-13,19-20H,2,9,14-16H2,1H3,(H,25,26). The number of ether oxygens (including phenoxy) is 1. The minimum absolute atomic E-state index is 0.0894. The molecule has 27 heavy (non-hydrogen) atoms. The van der Waals surface area contributed by atoms with Gasteiger partial charge in [0.05, 0.1) is 5.56 Å². The van der Waals surface area contributed by atoms with Crippen LogP contribution in [0.15, 0.2) is 60.7 Å². The summed E-state index contributed by atoms with van der Waals surface area (Å²) in [4.78, 5) is 25.0. The summed E-state index contributed by atoms with van der Waals surface area (Å²) in [6.45, 7) is 2.02. The number of esters is 1. The third kappa shape index (κ3) is 3.90. The summed E-state index contributed by atoms with van der Waals surface area (Å²) < 4.78 is 5.78. The average molecular weight is 366 g/mol. The maximum atomic E-state index is 12.6. The summed E-state index contributed by atoms with van der Waals surface area (Å²) in [7, 11) is 0. The molecule has 0 spiro atoms. The molecule has 4 heteroatoms. The highest BCUT2D eigenvalue weighted by Crippen LogP contribution is 2.49. The number of rotatable bonds is 7. The molecule has 1 N–H and O–H groups in total. The first-order chi connectivity index (χ1) is 13.1. The molecule has 4 nitrogen and oxygen atoms in total. The molecule has 2 aromatic carbocycles. The van der Waals surface area contributed by atoms with Gasteiger partial charge in [-0.2, -0.15) is 0 Å². The number of carbonyl (C=O) groups excluding carboxylic acids is 1. The Balaban J connectivity index is 1.86. The molecular weight excluding hydrogens is 340 g/mol. The maximum Gasteiger partial charge on any atom is 0.338 e. The molecule has 142 valence electrons. The Bertz CT molecular complexity index is 771. The fraction of sp³-hybridized carbons (Fsp3) is 0.391. The van der Waals surface area contributed by atoms with E-state index in [2.05, 4.69) is 0 Å². The fourth-order valence-corrected chi connectivity index (χ4v) is 4.41. The molecule has 1 fully saturated rings. The Morgan fingerprint density at radius 1 is 1.11 bits per heavy atom. The van der Waals surface area contributed by atoms with Crippen molar-refractivity contribution in [2.45, 2.75) is 45.1 Å². The molecule has 0 bridgehead atoms. The molecule has 0 heterocycles. The Hall–Kier alpha value is -2.62. The largest absolute Gasteiger partial charge is 0.481 e. The van der Waals surface area contributed by atoms with E-state index in [1.165, 1.54) is 0 Å². The number of hydrogen-bond acceptors (Lipinski definition) is 3. The van der Waals surface area contributed by atoms with Gasteiger partial charge in [0.15, 0.2) is 0 Å². The lowest BCUT2D eigenvalue weighted by atomic mass is 9.68. The second-order valence-electron chi connectivity index (χ2n) is 7.29. The minimum atomic E-state index is -1.03. The first kappa shape index (κ1) is 19.2. The van der Waals surface area contributed by atoms with E-state index < -0.39 is 23.5 Å². The minimum Gasteiger partial charge on any atom is -0.481 e. The predicted octanol–water partition coefficient (Wildman–Crippen LogP) is 4.74. The highest BCUT2D eigenvalue weighted by Gasteiger charge is 2.55. The monoisotopic (exact) mass is 366 g/mol. The number of carboxylic acid groups (broad SMARTS) is 1. The molecule has 3 rings (SSSR count). The molecule has 1 saturated carbocycles. The summed E-state index contributed by atoms with van der Waals surface area (Å²) in [6, 6.07) is 18.7. The van der Waals surface area contributed by atoms with Gasteiger partial charge in [-0.3, -0.25) is 4.79 Å². The van der Waals surface area contributed by atoms with Gasteiger partial charge < -0.3 is 9.84 Å². The van der Waals surface area contributed by atoms with Crippen LogP contribution >= 0.6 is 0 Å². The van der Waals surface area contributed by atoms with E-state index in [-0.39, 0.29) is 5.92 Å². The molecule has 0 radical (unpaired) electrons. The predicted molar refractivity (Wildman–Crippen MR) is 103 cm³/mol. The van der Waals surface area contributed by atoms with Crippen LogP contribution in [-0.4, -0.2) is 23.1 Å². The second kappa shape index (κ2) is 8.38. The van der Waals surface area contributed by atoms with E-state index in [1.807, 2.05) is 43.3 Å². The SMILES string of the molecule is CCC(Cc1ccccc1)C1(C(=O)O)CCCC1OC(=O)c1ccccc1. The van der Waals surface area contributed by atoms with Crippen molar-refractivity contribution >= 4 is 11.9 Å². The number of carbonyl (C=O) groups is 2. The van der Waals surface area contributed by atoms with Crippen LogP contribution in [0.2, 0.25) is 0 Å². The molecule has 0 amide bonds. The van der Waals surface area contributed by atoms with Gasteiger partial charge in [-0.1, -0.05) is 61.9 Å². The van der Waals surface area contributed by atoms with Crippen molar-refractivity contribution in [3.05, 3.63) is 71.8 Å². The second-order valence-corrected chi connectivity index (χ2v) is 7.29. The Morgan fingerprint density at radius 2 is 1.74 bits per heavy atom. The quantitative estimate of drug-likeness (QED) is 0.719. The zero-order valence-corrected chi connectivity index (χ0v) is 15.6. The number of benzene rings is 2. The van der Waals surface area contributed by atoms with Crippen molar-refractivity contribution in [1.82, 2.24) is 0 Å². The lowest BCUT2D eigenvalue weighted by molar-refractivity contribution is -0.160. The van der Waals surface area contributed by atoms with Crippen LogP contribution in [0, 0.1) is 11.3 Å². The number of carboxylic acids is 1. The van der Waals surface area contributed by atoms with Crippen molar-refractivity contribution in [1.29, 1.82) is 0 Å². The summed E-state index contributed by atoms with van der Waals surface area (Å²) in [5.41, 5.74) is 0.541. The van der Waals surface area contributed by atoms with E-state index in [9.17, 15) is 14.7 Å². The smallest absolute Gasteiger partial charge is 0.338 e. The summed E-state index contributed by atoms with van der Waals surface area (Å²) in [5.74, 6) is -1.38. The van der Waals surface area contributed by atoms with E-state index in [1.54, 1.807) is 24.3 Å². The first-order valence-corrected chi connectivity index (χ1v) is 9.61. The molecule has 3 unspecified atom stereocenters. The van der Waals surface area contributed by atoms with Crippen molar-refractivity contribution in [2.75, 3.05) is 0 Å². The highest BCUT2D eigenvalue weighted by atomic mass is 16.5. The van der Waals surface area contributed by atoms with Crippen LogP contribution < -0.4 is 0 Å². The summed E-state index contributed by atoms with van der Waals surface area (Å²) in [6.07, 6.45) is 2.68. The van der Waals surface area contributed by atoms with Crippen LogP contribution in [0.1, 0.15) is 48.5 Å². The molecule has 1 aliphatic rings. The average Bonchev–Trinajstić information content (AvgIpc) is 3.12. The number of hydrogen-bond donors (Lipinski definition) is 1. The third-order valence-corrected chi connectivity index (χ3v) is 5.83. The lowest BCUT2D eigenvalue weighted by Gasteiger charge is -2.38. The Morgan fingerprint density at radius 3 is 2.33 bits per heavy atom. The van der Waals surface area contributed by atoms with Crippen molar-refractivity contribution in [2.24, 2.45) is 11.3 Å². The van der Waals surface area contributed by atoms with Gasteiger partial charge in [-0.05, 0) is 49.3 Å². The van der Waals surface area contributed by atoms with Crippen LogP contribution in [0.25, 0.3) is 0 Å². The molecule has 0 aromatic heterocycles. The van der Waals surface area contributed by atoms with E-state index >= 15 is 0 Å². The normalized spacial score (nSPS) is 22.9. The zero-order chi connectivity index (χ0) is 19.3. The van der Waals surface area contributed by atoms with Gasteiger partial charge in [-0.25, -0.2) is 4.79 Å². The summed E-state index contributed by atoms with van der Waals surface area (Å²) >= 11 is 0. The highest BCUT2D eigenvalue weighted by molar-refractivity contribution is 5.90. The van der Waals surface area contributed by atoms with Gasteiger partial charge in [0.1, 0.15) is 11.5 Å². The fourth-order valence-electron chi connectivity index (χ4n) is 4.41. The molecule has 2 aromatic rings. The Kier molecular flexibility index (Phi) is 5.94. The van der Waals surface area contributed by atoms with Crippen LogP contribution in [0.3, 0.4) is 0 Å². The van der Waals surface area contributed by atoms with E-state index in [0.717, 1.165) is 18.4 Å². The Labute approximate surface area is 160 Å². The molecule has 0 saturated heterocycles. The molecule has 3 atom stereocenters.